The van der Waals surface area contributed by atoms with Gasteiger partial charge in [0.1, 0.15) is 0 Å². The van der Waals surface area contributed by atoms with Crippen LogP contribution in [0.25, 0.3) is 0 Å². The van der Waals surface area contributed by atoms with Crippen LogP contribution in [0, 0.1) is 0 Å². The summed E-state index contributed by atoms with van der Waals surface area (Å²) in [6.45, 7) is 0.576. The average Bonchev–Trinajstić information content (AvgIpc) is 2.49. The second-order valence-corrected chi connectivity index (χ2v) is 4.47. The molecule has 0 bridgehead atoms. The van der Waals surface area contributed by atoms with E-state index < -0.39 is 0 Å². The second kappa shape index (κ2) is 11.4. The lowest BCUT2D eigenvalue weighted by molar-refractivity contribution is -0.684. The monoisotopic (exact) mass is 356 g/mol. The molecule has 2 N–H and O–H groups in total. The molecule has 0 aliphatic carbocycles. The Kier molecular flexibility index (Phi) is 10.3. The highest BCUT2D eigenvalue weighted by Crippen LogP contribution is 1.78. The third-order valence-corrected chi connectivity index (χ3v) is 2.78. The van der Waals surface area contributed by atoms with E-state index >= 15 is 0 Å². The summed E-state index contributed by atoms with van der Waals surface area (Å²) in [5.41, 5.74) is 0. The lowest BCUT2D eigenvalue weighted by Gasteiger charge is -2.04. The van der Waals surface area contributed by atoms with Gasteiger partial charge in [0.25, 0.3) is 11.8 Å². The number of nitrogens with zero attached hydrogens (tertiary/aromatic N) is 2. The first-order valence-electron chi connectivity index (χ1n) is 6.65. The molecule has 0 aromatic carbocycles. The number of hydrogen-bond acceptors (Lipinski definition) is 2. The first-order chi connectivity index (χ1) is 10.2. The number of aromatic nitrogens is 2. The summed E-state index contributed by atoms with van der Waals surface area (Å²) >= 11 is 0. The molecule has 23 heavy (non-hydrogen) atoms. The van der Waals surface area contributed by atoms with Crippen molar-refractivity contribution in [3.05, 3.63) is 61.2 Å². The smallest absolute Gasteiger partial charge is 0.287 e. The van der Waals surface area contributed by atoms with Crippen LogP contribution in [0.3, 0.4) is 0 Å². The van der Waals surface area contributed by atoms with Gasteiger partial charge >= 0.3 is 0 Å². The van der Waals surface area contributed by atoms with Gasteiger partial charge in [0.05, 0.1) is 6.67 Å². The highest BCUT2D eigenvalue weighted by Gasteiger charge is 2.10. The Hall–Kier alpha value is -2.18. The van der Waals surface area contributed by atoms with Crippen LogP contribution in [0.15, 0.2) is 61.2 Å². The molecule has 2 aromatic rings. The number of pyridine rings is 2. The third-order valence-electron chi connectivity index (χ3n) is 2.78. The summed E-state index contributed by atoms with van der Waals surface area (Å²) in [5.74, 6) is -0.308. The van der Waals surface area contributed by atoms with Crippen LogP contribution < -0.4 is 44.6 Å². The quantitative estimate of drug-likeness (QED) is 0.399. The van der Waals surface area contributed by atoms with Gasteiger partial charge in [0, 0.05) is 24.3 Å². The van der Waals surface area contributed by atoms with Gasteiger partial charge in [-0.1, -0.05) is 12.1 Å². The Balaban J connectivity index is 0.00000242. The molecule has 0 aliphatic heterocycles. The van der Waals surface area contributed by atoms with Crippen molar-refractivity contribution >= 4 is 11.8 Å². The minimum absolute atomic E-state index is 0. The van der Waals surface area contributed by atoms with Gasteiger partial charge in [-0.2, -0.15) is 9.13 Å². The molecule has 0 spiro atoms. The largest absolute Gasteiger partial charge is 1.00 e. The van der Waals surface area contributed by atoms with Crippen LogP contribution in [0.1, 0.15) is 0 Å². The molecule has 8 heteroatoms. The molecule has 0 unspecified atom stereocenters. The SMILES string of the molecule is O=C(C[n+]1ccccc1)NCNC(=O)C[n+]1ccccc1.[Cl-].[Cl-]. The number of amides is 2. The van der Waals surface area contributed by atoms with Crippen LogP contribution >= 0.6 is 0 Å². The molecule has 2 heterocycles. The molecule has 2 amide bonds. The second-order valence-electron chi connectivity index (χ2n) is 4.47. The molecule has 0 atom stereocenters. The fraction of sp³-hybridized carbons (Fsp3) is 0.200. The number of nitrogens with one attached hydrogen (secondary N) is 2. The number of rotatable bonds is 6. The number of halogens is 2. The highest BCUT2D eigenvalue weighted by molar-refractivity contribution is 5.77. The lowest BCUT2D eigenvalue weighted by atomic mass is 10.4. The predicted molar refractivity (Wildman–Crippen MR) is 74.4 cm³/mol. The Morgan fingerprint density at radius 1 is 0.652 bits per heavy atom. The molecule has 124 valence electrons. The molecule has 0 radical (unpaired) electrons. The maximum atomic E-state index is 11.7. The van der Waals surface area contributed by atoms with Crippen molar-refractivity contribution in [3.63, 3.8) is 0 Å². The first kappa shape index (κ1) is 20.8. The van der Waals surface area contributed by atoms with E-state index in [1.54, 1.807) is 9.13 Å². The van der Waals surface area contributed by atoms with Gasteiger partial charge in [0.15, 0.2) is 24.8 Å². The van der Waals surface area contributed by atoms with E-state index in [9.17, 15) is 9.59 Å². The van der Waals surface area contributed by atoms with Gasteiger partial charge in [-0.3, -0.25) is 9.59 Å². The van der Waals surface area contributed by atoms with Gasteiger partial charge < -0.3 is 35.4 Å². The Morgan fingerprint density at radius 2 is 1.00 bits per heavy atom. The standard InChI is InChI=1S/C15H16N4O2.2ClH/c20-14(11-18-7-3-1-4-8-18)16-13-17-15(21)12-19-9-5-2-6-10-19;;/h1-10H,11-13H2;2*1H. The number of hydrogen-bond donors (Lipinski definition) is 2. The zero-order chi connectivity index (χ0) is 14.9. The van der Waals surface area contributed by atoms with Gasteiger partial charge in [-0.05, 0) is 0 Å². The van der Waals surface area contributed by atoms with Crippen molar-refractivity contribution in [2.45, 2.75) is 13.1 Å². The summed E-state index contributed by atoms with van der Waals surface area (Å²) in [7, 11) is 0. The maximum absolute atomic E-state index is 11.7. The topological polar surface area (TPSA) is 66.0 Å². The molecular weight excluding hydrogens is 339 g/mol. The normalized spacial score (nSPS) is 9.04. The summed E-state index contributed by atoms with van der Waals surface area (Å²) in [6.07, 6.45) is 7.24. The minimum Gasteiger partial charge on any atom is -1.00 e. The highest BCUT2D eigenvalue weighted by atomic mass is 35.5. The molecule has 2 aromatic heterocycles. The van der Waals surface area contributed by atoms with E-state index in [2.05, 4.69) is 10.6 Å². The van der Waals surface area contributed by atoms with E-state index in [0.717, 1.165) is 0 Å². The van der Waals surface area contributed by atoms with E-state index in [1.807, 2.05) is 61.2 Å². The molecule has 0 aliphatic rings. The van der Waals surface area contributed by atoms with Crippen LogP contribution in [-0.2, 0) is 22.7 Å². The Labute approximate surface area is 147 Å². The maximum Gasteiger partial charge on any atom is 0.287 e. The van der Waals surface area contributed by atoms with E-state index in [1.165, 1.54) is 0 Å². The summed E-state index contributed by atoms with van der Waals surface area (Å²) in [5, 5.41) is 5.29. The molecule has 0 fully saturated rings. The van der Waals surface area contributed by atoms with Crippen molar-refractivity contribution in [2.75, 3.05) is 6.67 Å². The van der Waals surface area contributed by atoms with Crippen LogP contribution in [0.2, 0.25) is 0 Å². The fourth-order valence-corrected chi connectivity index (χ4v) is 1.76. The summed E-state index contributed by atoms with van der Waals surface area (Å²) in [4.78, 5) is 23.3. The summed E-state index contributed by atoms with van der Waals surface area (Å²) < 4.78 is 3.52. The van der Waals surface area contributed by atoms with Crippen molar-refractivity contribution < 1.29 is 43.5 Å². The van der Waals surface area contributed by atoms with Gasteiger partial charge in [0.2, 0.25) is 13.1 Å². The van der Waals surface area contributed by atoms with Crippen LogP contribution in [0.5, 0.6) is 0 Å². The van der Waals surface area contributed by atoms with Crippen molar-refractivity contribution in [1.82, 2.24) is 10.6 Å². The first-order valence-corrected chi connectivity index (χ1v) is 6.65. The Bertz CT molecular complexity index is 543. The number of carbonyl (C=O) groups is 2. The van der Waals surface area contributed by atoms with Crippen molar-refractivity contribution in [1.29, 1.82) is 0 Å². The third kappa shape index (κ3) is 8.13. The van der Waals surface area contributed by atoms with Crippen LogP contribution in [-0.4, -0.2) is 18.5 Å². The zero-order valence-electron chi connectivity index (χ0n) is 12.4. The fourth-order valence-electron chi connectivity index (χ4n) is 1.76. The zero-order valence-corrected chi connectivity index (χ0v) is 13.9. The number of carbonyl (C=O) groups excluding carboxylic acids is 2. The lowest BCUT2D eigenvalue weighted by Crippen LogP contribution is -3.00. The van der Waals surface area contributed by atoms with Crippen molar-refractivity contribution in [3.8, 4) is 0 Å². The average molecular weight is 357 g/mol. The van der Waals surface area contributed by atoms with Gasteiger partial charge in [-0.25, -0.2) is 0 Å². The van der Waals surface area contributed by atoms with E-state index in [-0.39, 0.29) is 56.4 Å². The molecule has 0 saturated heterocycles. The van der Waals surface area contributed by atoms with E-state index in [0.29, 0.717) is 0 Å². The summed E-state index contributed by atoms with van der Waals surface area (Å²) in [6, 6.07) is 11.2. The minimum atomic E-state index is -0.154. The molecular formula is C15H18Cl2N4O2. The van der Waals surface area contributed by atoms with Gasteiger partial charge in [-0.15, -0.1) is 0 Å². The Morgan fingerprint density at radius 3 is 1.35 bits per heavy atom. The molecule has 2 rings (SSSR count). The molecule has 6 nitrogen and oxygen atoms in total. The van der Waals surface area contributed by atoms with Crippen LogP contribution in [0.4, 0.5) is 0 Å². The molecule has 0 saturated carbocycles. The predicted octanol–water partition coefficient (Wildman–Crippen LogP) is -6.84. The van der Waals surface area contributed by atoms with E-state index in [4.69, 9.17) is 0 Å². The van der Waals surface area contributed by atoms with Crippen molar-refractivity contribution in [2.24, 2.45) is 0 Å².